The third-order valence-corrected chi connectivity index (χ3v) is 2.74. The van der Waals surface area contributed by atoms with E-state index in [0.717, 1.165) is 0 Å². The van der Waals surface area contributed by atoms with Gasteiger partial charge >= 0.3 is 5.97 Å². The van der Waals surface area contributed by atoms with Gasteiger partial charge in [-0.05, 0) is 18.8 Å². The Morgan fingerprint density at radius 2 is 2.21 bits per heavy atom. The van der Waals surface area contributed by atoms with Gasteiger partial charge in [-0.1, -0.05) is 12.8 Å². The molecule has 1 saturated carbocycles. The van der Waals surface area contributed by atoms with Gasteiger partial charge in [0, 0.05) is 6.08 Å². The average Bonchev–Trinajstić information content (AvgIpc) is 2.72. The fourth-order valence-electron chi connectivity index (χ4n) is 1.94. The van der Waals surface area contributed by atoms with Crippen molar-refractivity contribution in [2.45, 2.75) is 32.0 Å². The summed E-state index contributed by atoms with van der Waals surface area (Å²) in [7, 11) is 0. The van der Waals surface area contributed by atoms with E-state index in [2.05, 4.69) is 0 Å². The SMILES string of the molecule is NC1=CC(=O)OC1OCC1CCCC1. The minimum Gasteiger partial charge on any atom is -0.426 e. The molecule has 1 aliphatic heterocycles. The molecule has 4 nitrogen and oxygen atoms in total. The van der Waals surface area contributed by atoms with E-state index in [1.807, 2.05) is 0 Å². The number of hydrogen-bond acceptors (Lipinski definition) is 4. The maximum atomic E-state index is 10.8. The van der Waals surface area contributed by atoms with E-state index < -0.39 is 12.3 Å². The molecule has 14 heavy (non-hydrogen) atoms. The molecule has 4 heteroatoms. The second-order valence-corrected chi connectivity index (χ2v) is 3.90. The summed E-state index contributed by atoms with van der Waals surface area (Å²) in [6.07, 6.45) is 5.63. The van der Waals surface area contributed by atoms with Crippen LogP contribution in [0.4, 0.5) is 0 Å². The van der Waals surface area contributed by atoms with E-state index in [1.165, 1.54) is 31.8 Å². The molecule has 1 fully saturated rings. The normalized spacial score (nSPS) is 27.9. The molecule has 2 N–H and O–H groups in total. The molecule has 0 aromatic rings. The lowest BCUT2D eigenvalue weighted by molar-refractivity contribution is -0.161. The molecule has 1 atom stereocenters. The zero-order chi connectivity index (χ0) is 9.97. The monoisotopic (exact) mass is 197 g/mol. The number of carbonyl (C=O) groups is 1. The van der Waals surface area contributed by atoms with Crippen LogP contribution in [-0.4, -0.2) is 18.9 Å². The third-order valence-electron chi connectivity index (χ3n) is 2.74. The molecule has 0 amide bonds. The lowest BCUT2D eigenvalue weighted by atomic mass is 10.1. The first-order valence-corrected chi connectivity index (χ1v) is 5.05. The highest BCUT2D eigenvalue weighted by Crippen LogP contribution is 2.26. The number of esters is 1. The maximum Gasteiger partial charge on any atom is 0.335 e. The highest BCUT2D eigenvalue weighted by Gasteiger charge is 2.26. The molecule has 0 aromatic carbocycles. The molecule has 0 saturated heterocycles. The molecule has 2 aliphatic rings. The Labute approximate surface area is 83.1 Å². The summed E-state index contributed by atoms with van der Waals surface area (Å²) in [5.41, 5.74) is 5.93. The zero-order valence-corrected chi connectivity index (χ0v) is 8.07. The number of ether oxygens (including phenoxy) is 2. The topological polar surface area (TPSA) is 61.6 Å². The van der Waals surface area contributed by atoms with Crippen LogP contribution in [0.2, 0.25) is 0 Å². The lowest BCUT2D eigenvalue weighted by Crippen LogP contribution is -2.23. The highest BCUT2D eigenvalue weighted by molar-refractivity contribution is 5.85. The minimum absolute atomic E-state index is 0.382. The van der Waals surface area contributed by atoms with Crippen molar-refractivity contribution in [1.29, 1.82) is 0 Å². The molecule has 1 unspecified atom stereocenters. The summed E-state index contributed by atoms with van der Waals surface area (Å²) in [4.78, 5) is 10.8. The van der Waals surface area contributed by atoms with Crippen LogP contribution >= 0.6 is 0 Å². The molecule has 1 heterocycles. The second-order valence-electron chi connectivity index (χ2n) is 3.90. The first kappa shape index (κ1) is 9.52. The van der Waals surface area contributed by atoms with Crippen molar-refractivity contribution in [2.75, 3.05) is 6.61 Å². The summed E-state index contributed by atoms with van der Waals surface area (Å²) in [6, 6.07) is 0. The van der Waals surface area contributed by atoms with E-state index in [0.29, 0.717) is 18.2 Å². The van der Waals surface area contributed by atoms with E-state index in [4.69, 9.17) is 15.2 Å². The molecule has 0 radical (unpaired) electrons. The molecule has 0 aromatic heterocycles. The van der Waals surface area contributed by atoms with E-state index in [1.54, 1.807) is 0 Å². The van der Waals surface area contributed by atoms with Crippen LogP contribution < -0.4 is 5.73 Å². The van der Waals surface area contributed by atoms with Gasteiger partial charge in [-0.3, -0.25) is 0 Å². The summed E-state index contributed by atoms with van der Waals surface area (Å²) in [5.74, 6) is 0.209. The third kappa shape index (κ3) is 2.07. The van der Waals surface area contributed by atoms with E-state index >= 15 is 0 Å². The Bertz CT molecular complexity index is 256. The number of carbonyl (C=O) groups excluding carboxylic acids is 1. The quantitative estimate of drug-likeness (QED) is 0.683. The second kappa shape index (κ2) is 4.00. The van der Waals surface area contributed by atoms with Gasteiger partial charge in [-0.15, -0.1) is 0 Å². The smallest absolute Gasteiger partial charge is 0.335 e. The first-order chi connectivity index (χ1) is 6.75. The first-order valence-electron chi connectivity index (χ1n) is 5.05. The number of rotatable bonds is 3. The van der Waals surface area contributed by atoms with Gasteiger partial charge in [0.25, 0.3) is 0 Å². The lowest BCUT2D eigenvalue weighted by Gasteiger charge is -2.15. The number of cyclic esters (lactones) is 1. The average molecular weight is 197 g/mol. The largest absolute Gasteiger partial charge is 0.426 e. The molecule has 0 bridgehead atoms. The minimum atomic E-state index is -0.636. The Balaban J connectivity index is 1.75. The summed E-state index contributed by atoms with van der Waals surface area (Å²) >= 11 is 0. The van der Waals surface area contributed by atoms with Crippen LogP contribution in [0, 0.1) is 5.92 Å². The van der Waals surface area contributed by atoms with Crippen molar-refractivity contribution in [3.8, 4) is 0 Å². The van der Waals surface area contributed by atoms with Gasteiger partial charge in [0.05, 0.1) is 12.3 Å². The molecule has 78 valence electrons. The van der Waals surface area contributed by atoms with Crippen molar-refractivity contribution >= 4 is 5.97 Å². The zero-order valence-electron chi connectivity index (χ0n) is 8.07. The van der Waals surface area contributed by atoms with Crippen molar-refractivity contribution < 1.29 is 14.3 Å². The molecule has 2 rings (SSSR count). The fraction of sp³-hybridized carbons (Fsp3) is 0.700. The van der Waals surface area contributed by atoms with Crippen molar-refractivity contribution in [2.24, 2.45) is 11.7 Å². The number of nitrogens with two attached hydrogens (primary N) is 1. The highest BCUT2D eigenvalue weighted by atomic mass is 16.7. The Kier molecular flexibility index (Phi) is 2.72. The molecule has 0 spiro atoms. The van der Waals surface area contributed by atoms with Crippen molar-refractivity contribution in [3.63, 3.8) is 0 Å². The van der Waals surface area contributed by atoms with Crippen LogP contribution in [-0.2, 0) is 14.3 Å². The van der Waals surface area contributed by atoms with Crippen LogP contribution in [0.5, 0.6) is 0 Å². The Morgan fingerprint density at radius 1 is 1.50 bits per heavy atom. The van der Waals surface area contributed by atoms with Gasteiger partial charge < -0.3 is 15.2 Å². The summed E-state index contributed by atoms with van der Waals surface area (Å²) in [5, 5.41) is 0. The van der Waals surface area contributed by atoms with Crippen LogP contribution in [0.3, 0.4) is 0 Å². The van der Waals surface area contributed by atoms with Gasteiger partial charge in [0.1, 0.15) is 0 Å². The predicted octanol–water partition coefficient (Wildman–Crippen LogP) is 0.919. The van der Waals surface area contributed by atoms with Crippen LogP contribution in [0.15, 0.2) is 11.8 Å². The molecular formula is C10H15NO3. The summed E-state index contributed by atoms with van der Waals surface area (Å²) in [6.45, 7) is 0.645. The Morgan fingerprint density at radius 3 is 2.79 bits per heavy atom. The van der Waals surface area contributed by atoms with Crippen molar-refractivity contribution in [3.05, 3.63) is 11.8 Å². The molecular weight excluding hydrogens is 182 g/mol. The number of hydrogen-bond donors (Lipinski definition) is 1. The molecule has 1 aliphatic carbocycles. The standard InChI is InChI=1S/C10H15NO3/c11-8-5-9(12)14-10(8)13-6-7-3-1-2-4-7/h5,7,10H,1-4,6,11H2. The van der Waals surface area contributed by atoms with Gasteiger partial charge in [0.15, 0.2) is 0 Å². The Hall–Kier alpha value is -1.03. The fourth-order valence-corrected chi connectivity index (χ4v) is 1.94. The van der Waals surface area contributed by atoms with Gasteiger partial charge in [0.2, 0.25) is 6.29 Å². The summed E-state index contributed by atoms with van der Waals surface area (Å²) < 4.78 is 10.3. The van der Waals surface area contributed by atoms with Gasteiger partial charge in [-0.25, -0.2) is 4.79 Å². The van der Waals surface area contributed by atoms with E-state index in [-0.39, 0.29) is 0 Å². The maximum absolute atomic E-state index is 10.8. The van der Waals surface area contributed by atoms with Crippen LogP contribution in [0.1, 0.15) is 25.7 Å². The van der Waals surface area contributed by atoms with Crippen molar-refractivity contribution in [1.82, 2.24) is 0 Å². The van der Waals surface area contributed by atoms with Gasteiger partial charge in [-0.2, -0.15) is 0 Å². The van der Waals surface area contributed by atoms with Crippen LogP contribution in [0.25, 0.3) is 0 Å². The van der Waals surface area contributed by atoms with E-state index in [9.17, 15) is 4.79 Å². The predicted molar refractivity (Wildman–Crippen MR) is 50.1 cm³/mol.